The van der Waals surface area contributed by atoms with Gasteiger partial charge in [-0.1, -0.05) is 0 Å². The first-order chi connectivity index (χ1) is 2.47. The Morgan fingerprint density at radius 1 is 1.00 bits per heavy atom. The summed E-state index contributed by atoms with van der Waals surface area (Å²) in [6.45, 7) is 0. The summed E-state index contributed by atoms with van der Waals surface area (Å²) in [4.78, 5) is 28.1. The molecule has 1 rings (SSSR count). The van der Waals surface area contributed by atoms with Gasteiger partial charge in [0.25, 0.3) is 0 Å². The van der Waals surface area contributed by atoms with Crippen LogP contribution in [0, 0.1) is 0 Å². The molecule has 0 spiro atoms. The molecular formula is LiNiO5P. The van der Waals surface area contributed by atoms with Crippen LogP contribution < -0.4 is 33.5 Å². The Bertz CT molecular complexity index is 76.2. The van der Waals surface area contributed by atoms with E-state index < -0.39 is 7.74 Å². The second-order valence-corrected chi connectivity index (χ2v) is 2.68. The van der Waals surface area contributed by atoms with Gasteiger partial charge in [-0.15, -0.1) is 0 Å². The Morgan fingerprint density at radius 3 is 1.12 bits per heavy atom. The standard InChI is InChI=1S/Li.Ni.O5P/c;;1-6(2,3)4-5-6/q+1;+2;-3. The molecule has 0 unspecified atom stereocenters. The normalized spacial score (nSPS) is 32.1. The molecule has 5 nitrogen and oxygen atoms in total. The van der Waals surface area contributed by atoms with Crippen LogP contribution in [0.5, 0.6) is 0 Å². The summed E-state index contributed by atoms with van der Waals surface area (Å²) < 4.78 is 6.09. The van der Waals surface area contributed by atoms with Gasteiger partial charge in [0.05, 0.1) is 0 Å². The summed E-state index contributed by atoms with van der Waals surface area (Å²) in [7, 11) is -5.55. The van der Waals surface area contributed by atoms with E-state index in [1.165, 1.54) is 0 Å². The Hall–Kier alpha value is 1.32. The Balaban J connectivity index is 0. The topological polar surface area (TPSA) is 94.2 Å². The van der Waals surface area contributed by atoms with Gasteiger partial charge in [0, 0.05) is 0 Å². The molecule has 0 atom stereocenters. The predicted octanol–water partition coefficient (Wildman–Crippen LogP) is -5.84. The number of hydrogen-bond donors (Lipinski definition) is 0. The molecule has 0 saturated carbocycles. The van der Waals surface area contributed by atoms with Crippen LogP contribution in [0.3, 0.4) is 0 Å². The molecule has 0 bridgehead atoms. The van der Waals surface area contributed by atoms with Gasteiger partial charge in [0.2, 0.25) is 0 Å². The molecule has 46 valence electrons. The van der Waals surface area contributed by atoms with Crippen molar-refractivity contribution in [3.05, 3.63) is 0 Å². The maximum absolute atomic E-state index is 9.37. The molecule has 1 heterocycles. The third kappa shape index (κ3) is 4.22. The van der Waals surface area contributed by atoms with E-state index in [2.05, 4.69) is 9.35 Å². The van der Waals surface area contributed by atoms with E-state index in [0.717, 1.165) is 0 Å². The van der Waals surface area contributed by atoms with Gasteiger partial charge in [-0.25, -0.2) is 0 Å². The zero-order chi connectivity index (χ0) is 4.86. The van der Waals surface area contributed by atoms with E-state index >= 15 is 0 Å². The van der Waals surface area contributed by atoms with Crippen molar-refractivity contribution in [2.75, 3.05) is 0 Å². The second kappa shape index (κ2) is 2.51. The average Bonchev–Trinajstić information content (AvgIpc) is 1.73. The minimum absolute atomic E-state index is 0. The van der Waals surface area contributed by atoms with Crippen molar-refractivity contribution in [1.82, 2.24) is 0 Å². The van der Waals surface area contributed by atoms with Crippen molar-refractivity contribution < 1.29 is 59.4 Å². The van der Waals surface area contributed by atoms with E-state index in [-0.39, 0.29) is 35.4 Å². The zero-order valence-electron chi connectivity index (χ0n) is 3.80. The van der Waals surface area contributed by atoms with Crippen LogP contribution in [0.15, 0.2) is 0 Å². The second-order valence-electron chi connectivity index (χ2n) is 0.894. The summed E-state index contributed by atoms with van der Waals surface area (Å²) in [5.41, 5.74) is 0. The van der Waals surface area contributed by atoms with Gasteiger partial charge in [-0.3, -0.25) is 0 Å². The van der Waals surface area contributed by atoms with Crippen molar-refractivity contribution in [1.29, 1.82) is 0 Å². The summed E-state index contributed by atoms with van der Waals surface area (Å²) in [6.07, 6.45) is 0. The maximum atomic E-state index is 9.37. The molecule has 0 N–H and O–H groups in total. The van der Waals surface area contributed by atoms with Crippen LogP contribution in [-0.2, 0) is 25.8 Å². The van der Waals surface area contributed by atoms with Crippen LogP contribution in [-0.4, -0.2) is 0 Å². The quantitative estimate of drug-likeness (QED) is 0.159. The SMILES string of the molecule is [Li+].[Ni+2].[O-]P1([O-])([O-])OO1. The molecule has 8 heteroatoms. The summed E-state index contributed by atoms with van der Waals surface area (Å²) in [5, 5.41) is 0. The Morgan fingerprint density at radius 2 is 1.12 bits per heavy atom. The molecule has 1 saturated heterocycles. The summed E-state index contributed by atoms with van der Waals surface area (Å²) in [6, 6.07) is 0. The van der Waals surface area contributed by atoms with Crippen LogP contribution in [0.4, 0.5) is 0 Å². The molecule has 0 radical (unpaired) electrons. The number of rotatable bonds is 0. The van der Waals surface area contributed by atoms with Gasteiger partial charge in [0.15, 0.2) is 0 Å². The first-order valence-corrected chi connectivity index (χ1v) is 2.91. The van der Waals surface area contributed by atoms with Crippen molar-refractivity contribution in [3.63, 3.8) is 0 Å². The fraction of sp³-hybridized carbons (Fsp3) is 0. The molecule has 0 aromatic rings. The molecule has 1 aliphatic rings. The van der Waals surface area contributed by atoms with Crippen molar-refractivity contribution in [2.24, 2.45) is 0 Å². The summed E-state index contributed by atoms with van der Waals surface area (Å²) in [5.74, 6) is 0. The fourth-order valence-electron chi connectivity index (χ4n) is 0.0408. The first kappa shape index (κ1) is 12.0. The van der Waals surface area contributed by atoms with Crippen LogP contribution in [0.2, 0.25) is 0 Å². The zero-order valence-corrected chi connectivity index (χ0v) is 5.69. The number of hydrogen-bond acceptors (Lipinski definition) is 5. The third-order valence-electron chi connectivity index (χ3n) is 0.257. The Labute approximate surface area is 67.4 Å². The van der Waals surface area contributed by atoms with Gasteiger partial charge in [0.1, 0.15) is 0 Å². The molecular weight excluding hydrogens is 177 g/mol. The summed E-state index contributed by atoms with van der Waals surface area (Å²) >= 11 is 0. The van der Waals surface area contributed by atoms with E-state index in [0.29, 0.717) is 0 Å². The van der Waals surface area contributed by atoms with E-state index in [4.69, 9.17) is 0 Å². The van der Waals surface area contributed by atoms with Crippen LogP contribution in [0.25, 0.3) is 0 Å². The van der Waals surface area contributed by atoms with Gasteiger partial charge >= 0.3 is 67.1 Å². The van der Waals surface area contributed by atoms with Crippen LogP contribution >= 0.6 is 7.74 Å². The molecule has 0 aliphatic carbocycles. The van der Waals surface area contributed by atoms with Crippen molar-refractivity contribution in [3.8, 4) is 0 Å². The molecule has 0 aromatic carbocycles. The molecule has 1 aliphatic heterocycles. The van der Waals surface area contributed by atoms with E-state index in [1.54, 1.807) is 0 Å². The average molecular weight is 177 g/mol. The third-order valence-corrected chi connectivity index (χ3v) is 0.771. The van der Waals surface area contributed by atoms with Crippen molar-refractivity contribution >= 4 is 7.74 Å². The fourth-order valence-corrected chi connectivity index (χ4v) is 0.367. The molecule has 1 fully saturated rings. The van der Waals surface area contributed by atoms with Crippen LogP contribution in [0.1, 0.15) is 0 Å². The Kier molecular flexibility index (Phi) is 3.78. The molecule has 0 amide bonds. The molecule has 0 aromatic heterocycles. The first-order valence-electron chi connectivity index (χ1n) is 1.08. The van der Waals surface area contributed by atoms with Gasteiger partial charge < -0.3 is 0 Å². The monoisotopic (exact) mass is 176 g/mol. The van der Waals surface area contributed by atoms with Gasteiger partial charge in [-0.05, 0) is 0 Å². The molecule has 8 heavy (non-hydrogen) atoms. The van der Waals surface area contributed by atoms with E-state index in [1.807, 2.05) is 0 Å². The van der Waals surface area contributed by atoms with E-state index in [9.17, 15) is 14.7 Å². The van der Waals surface area contributed by atoms with Crippen molar-refractivity contribution in [2.45, 2.75) is 0 Å². The van der Waals surface area contributed by atoms with Gasteiger partial charge in [-0.2, -0.15) is 0 Å². The minimum atomic E-state index is -5.55. The predicted molar refractivity (Wildman–Crippen MR) is 9.09 cm³/mol.